The van der Waals surface area contributed by atoms with Crippen molar-refractivity contribution in [1.29, 1.82) is 0 Å². The van der Waals surface area contributed by atoms with E-state index in [1.807, 2.05) is 36.4 Å². The normalized spacial score (nSPS) is 10.2. The van der Waals surface area contributed by atoms with Gasteiger partial charge in [-0.3, -0.25) is 4.79 Å². The third-order valence-corrected chi connectivity index (χ3v) is 3.13. The molecule has 2 aromatic carbocycles. The maximum Gasteiger partial charge on any atom is 0.307 e. The summed E-state index contributed by atoms with van der Waals surface area (Å²) in [5, 5.41) is 12.2. The van der Waals surface area contributed by atoms with E-state index in [0.29, 0.717) is 0 Å². The summed E-state index contributed by atoms with van der Waals surface area (Å²) in [6.45, 7) is 2.16. The lowest BCUT2D eigenvalue weighted by Gasteiger charge is -2.11. The maximum absolute atomic E-state index is 10.9. The van der Waals surface area contributed by atoms with Crippen molar-refractivity contribution in [2.75, 3.05) is 5.32 Å². The number of hydrogen-bond acceptors (Lipinski definition) is 2. The van der Waals surface area contributed by atoms with Crippen LogP contribution < -0.4 is 5.32 Å². The number of aryl methyl sites for hydroxylation is 1. The average molecular weight is 269 g/mol. The Morgan fingerprint density at radius 3 is 2.45 bits per heavy atom. The molecule has 0 amide bonds. The Balaban J connectivity index is 2.15. The summed E-state index contributed by atoms with van der Waals surface area (Å²) in [4.78, 5) is 10.9. The van der Waals surface area contributed by atoms with Gasteiger partial charge in [-0.05, 0) is 35.7 Å². The lowest BCUT2D eigenvalue weighted by Crippen LogP contribution is -2.03. The number of rotatable bonds is 6. The van der Waals surface area contributed by atoms with Gasteiger partial charge < -0.3 is 10.4 Å². The van der Waals surface area contributed by atoms with Crippen LogP contribution in [0.5, 0.6) is 0 Å². The van der Waals surface area contributed by atoms with E-state index in [-0.39, 0.29) is 6.42 Å². The number of carboxylic acid groups (broad SMARTS) is 1. The molecule has 0 saturated heterocycles. The quantitative estimate of drug-likeness (QED) is 0.833. The standard InChI is InChI=1S/C17H19NO2/c1-2-5-13-8-10-15(11-9-13)18-16-7-4-3-6-14(16)12-17(19)20/h3-4,6-11,18H,2,5,12H2,1H3,(H,19,20). The van der Waals surface area contributed by atoms with Gasteiger partial charge in [0.15, 0.2) is 0 Å². The molecule has 0 aliphatic heterocycles. The first-order valence-corrected chi connectivity index (χ1v) is 6.84. The molecule has 2 N–H and O–H groups in total. The van der Waals surface area contributed by atoms with E-state index in [2.05, 4.69) is 24.4 Å². The molecule has 0 spiro atoms. The number of benzene rings is 2. The summed E-state index contributed by atoms with van der Waals surface area (Å²) in [6.07, 6.45) is 2.24. The Hall–Kier alpha value is -2.29. The fourth-order valence-electron chi connectivity index (χ4n) is 2.16. The van der Waals surface area contributed by atoms with E-state index in [9.17, 15) is 4.79 Å². The molecule has 2 aromatic rings. The summed E-state index contributed by atoms with van der Waals surface area (Å²) in [7, 11) is 0. The van der Waals surface area contributed by atoms with Gasteiger partial charge in [-0.25, -0.2) is 0 Å². The Labute approximate surface area is 119 Å². The van der Waals surface area contributed by atoms with Gasteiger partial charge in [0.25, 0.3) is 0 Å². The van der Waals surface area contributed by atoms with Gasteiger partial charge in [-0.1, -0.05) is 43.7 Å². The molecule has 0 fully saturated rings. The Morgan fingerprint density at radius 2 is 1.80 bits per heavy atom. The second kappa shape index (κ2) is 6.75. The molecule has 0 radical (unpaired) electrons. The summed E-state index contributed by atoms with van der Waals surface area (Å²) in [5.74, 6) is -0.822. The molecule has 0 saturated carbocycles. The molecule has 0 aliphatic carbocycles. The molecule has 0 aromatic heterocycles. The van der Waals surface area contributed by atoms with Crippen LogP contribution in [0.2, 0.25) is 0 Å². The highest BCUT2D eigenvalue weighted by Crippen LogP contribution is 2.22. The smallest absolute Gasteiger partial charge is 0.307 e. The second-order valence-electron chi connectivity index (χ2n) is 4.80. The molecule has 2 rings (SSSR count). The fourth-order valence-corrected chi connectivity index (χ4v) is 2.16. The van der Waals surface area contributed by atoms with Crippen LogP contribution in [0.4, 0.5) is 11.4 Å². The van der Waals surface area contributed by atoms with Crippen molar-refractivity contribution >= 4 is 17.3 Å². The van der Waals surface area contributed by atoms with Crippen LogP contribution in [0.25, 0.3) is 0 Å². The van der Waals surface area contributed by atoms with Crippen LogP contribution in [0, 0.1) is 0 Å². The van der Waals surface area contributed by atoms with Crippen molar-refractivity contribution in [2.45, 2.75) is 26.2 Å². The van der Waals surface area contributed by atoms with Crippen LogP contribution in [-0.4, -0.2) is 11.1 Å². The number of carbonyl (C=O) groups is 1. The minimum Gasteiger partial charge on any atom is -0.481 e. The average Bonchev–Trinajstić information content (AvgIpc) is 2.43. The van der Waals surface area contributed by atoms with Crippen molar-refractivity contribution in [3.05, 3.63) is 59.7 Å². The van der Waals surface area contributed by atoms with E-state index in [0.717, 1.165) is 29.8 Å². The van der Waals surface area contributed by atoms with Crippen molar-refractivity contribution in [2.24, 2.45) is 0 Å². The monoisotopic (exact) mass is 269 g/mol. The van der Waals surface area contributed by atoms with Crippen molar-refractivity contribution in [3.63, 3.8) is 0 Å². The van der Waals surface area contributed by atoms with Gasteiger partial charge in [0, 0.05) is 11.4 Å². The third-order valence-electron chi connectivity index (χ3n) is 3.13. The molecule has 0 bridgehead atoms. The van der Waals surface area contributed by atoms with Gasteiger partial charge >= 0.3 is 5.97 Å². The summed E-state index contributed by atoms with van der Waals surface area (Å²) < 4.78 is 0. The van der Waals surface area contributed by atoms with Crippen molar-refractivity contribution in [3.8, 4) is 0 Å². The first-order chi connectivity index (χ1) is 9.69. The van der Waals surface area contributed by atoms with E-state index in [4.69, 9.17) is 5.11 Å². The number of anilines is 2. The van der Waals surface area contributed by atoms with E-state index in [1.165, 1.54) is 5.56 Å². The van der Waals surface area contributed by atoms with Crippen LogP contribution in [0.15, 0.2) is 48.5 Å². The molecule has 0 unspecified atom stereocenters. The molecule has 104 valence electrons. The molecule has 3 nitrogen and oxygen atoms in total. The lowest BCUT2D eigenvalue weighted by molar-refractivity contribution is -0.136. The molecular weight excluding hydrogens is 250 g/mol. The highest BCUT2D eigenvalue weighted by Gasteiger charge is 2.06. The molecular formula is C17H19NO2. The topological polar surface area (TPSA) is 49.3 Å². The first kappa shape index (κ1) is 14.1. The van der Waals surface area contributed by atoms with Crippen LogP contribution in [0.3, 0.4) is 0 Å². The lowest BCUT2D eigenvalue weighted by atomic mass is 10.1. The molecule has 20 heavy (non-hydrogen) atoms. The van der Waals surface area contributed by atoms with Gasteiger partial charge in [-0.2, -0.15) is 0 Å². The van der Waals surface area contributed by atoms with E-state index < -0.39 is 5.97 Å². The fraction of sp³-hybridized carbons (Fsp3) is 0.235. The van der Waals surface area contributed by atoms with Gasteiger partial charge in [-0.15, -0.1) is 0 Å². The Morgan fingerprint density at radius 1 is 1.10 bits per heavy atom. The summed E-state index contributed by atoms with van der Waals surface area (Å²) in [6, 6.07) is 15.8. The van der Waals surface area contributed by atoms with Crippen LogP contribution in [-0.2, 0) is 17.6 Å². The minimum atomic E-state index is -0.822. The summed E-state index contributed by atoms with van der Waals surface area (Å²) in [5.41, 5.74) is 3.93. The van der Waals surface area contributed by atoms with E-state index >= 15 is 0 Å². The Kier molecular flexibility index (Phi) is 4.77. The molecule has 0 aliphatic rings. The highest BCUT2D eigenvalue weighted by molar-refractivity contribution is 5.75. The van der Waals surface area contributed by atoms with Gasteiger partial charge in [0.1, 0.15) is 0 Å². The van der Waals surface area contributed by atoms with E-state index in [1.54, 1.807) is 0 Å². The highest BCUT2D eigenvalue weighted by atomic mass is 16.4. The zero-order valence-corrected chi connectivity index (χ0v) is 11.6. The number of hydrogen-bond donors (Lipinski definition) is 2. The maximum atomic E-state index is 10.9. The molecule has 0 heterocycles. The number of aliphatic carboxylic acids is 1. The summed E-state index contributed by atoms with van der Waals surface area (Å²) >= 11 is 0. The minimum absolute atomic E-state index is 0.0249. The van der Waals surface area contributed by atoms with Crippen LogP contribution in [0.1, 0.15) is 24.5 Å². The predicted octanol–water partition coefficient (Wildman–Crippen LogP) is 4.01. The molecule has 3 heteroatoms. The van der Waals surface area contributed by atoms with Crippen LogP contribution >= 0.6 is 0 Å². The zero-order chi connectivity index (χ0) is 14.4. The van der Waals surface area contributed by atoms with Gasteiger partial charge in [0.05, 0.1) is 6.42 Å². The number of para-hydroxylation sites is 1. The SMILES string of the molecule is CCCc1ccc(Nc2ccccc2CC(=O)O)cc1. The van der Waals surface area contributed by atoms with Crippen molar-refractivity contribution in [1.82, 2.24) is 0 Å². The largest absolute Gasteiger partial charge is 0.481 e. The number of carboxylic acids is 1. The second-order valence-corrected chi connectivity index (χ2v) is 4.80. The number of nitrogens with one attached hydrogen (secondary N) is 1. The third kappa shape index (κ3) is 3.85. The van der Waals surface area contributed by atoms with Gasteiger partial charge in [0.2, 0.25) is 0 Å². The first-order valence-electron chi connectivity index (χ1n) is 6.84. The Bertz CT molecular complexity index is 576. The predicted molar refractivity (Wildman–Crippen MR) is 81.5 cm³/mol. The zero-order valence-electron chi connectivity index (χ0n) is 11.6. The molecule has 0 atom stereocenters. The van der Waals surface area contributed by atoms with Crippen molar-refractivity contribution < 1.29 is 9.90 Å².